The number of halogens is 2. The fourth-order valence-electron chi connectivity index (χ4n) is 1.77. The van der Waals surface area contributed by atoms with E-state index in [0.29, 0.717) is 25.4 Å². The second kappa shape index (κ2) is 6.40. The van der Waals surface area contributed by atoms with Gasteiger partial charge in [0.05, 0.1) is 18.5 Å². The van der Waals surface area contributed by atoms with Gasteiger partial charge in [-0.05, 0) is 12.1 Å². The molecule has 0 bridgehead atoms. The second-order valence-corrected chi connectivity index (χ2v) is 4.04. The summed E-state index contributed by atoms with van der Waals surface area (Å²) in [5.41, 5.74) is 1.45. The van der Waals surface area contributed by atoms with Crippen LogP contribution in [-0.4, -0.2) is 30.5 Å². The molecule has 0 aliphatic heterocycles. The number of H-pyrrole nitrogens is 1. The summed E-state index contributed by atoms with van der Waals surface area (Å²) in [6.45, 7) is 1.76. The van der Waals surface area contributed by atoms with Crippen LogP contribution in [0.4, 0.5) is 8.78 Å². The van der Waals surface area contributed by atoms with Crippen LogP contribution in [0.2, 0.25) is 0 Å². The Balaban J connectivity index is 2.17. The topological polar surface area (TPSA) is 49.9 Å². The van der Waals surface area contributed by atoms with Crippen molar-refractivity contribution in [1.29, 1.82) is 0 Å². The van der Waals surface area contributed by atoms with Crippen molar-refractivity contribution in [3.05, 3.63) is 41.6 Å². The molecule has 2 aromatic rings. The smallest absolute Gasteiger partial charge is 0.168 e. The van der Waals surface area contributed by atoms with Gasteiger partial charge in [0, 0.05) is 31.3 Å². The summed E-state index contributed by atoms with van der Waals surface area (Å²) in [4.78, 5) is 0. The van der Waals surface area contributed by atoms with E-state index in [0.717, 1.165) is 11.6 Å². The van der Waals surface area contributed by atoms with Gasteiger partial charge in [0.25, 0.3) is 0 Å². The molecule has 2 rings (SSSR count). The number of aromatic nitrogens is 2. The molecular formula is C13H15F2N3O. The molecule has 19 heavy (non-hydrogen) atoms. The molecular weight excluding hydrogens is 252 g/mol. The second-order valence-electron chi connectivity index (χ2n) is 4.04. The quantitative estimate of drug-likeness (QED) is 0.788. The molecule has 0 atom stereocenters. The van der Waals surface area contributed by atoms with Crippen molar-refractivity contribution < 1.29 is 13.5 Å². The molecule has 0 saturated carbocycles. The first-order valence-electron chi connectivity index (χ1n) is 5.90. The van der Waals surface area contributed by atoms with E-state index in [1.807, 2.05) is 0 Å². The summed E-state index contributed by atoms with van der Waals surface area (Å²) in [6, 6.07) is 4.08. The van der Waals surface area contributed by atoms with E-state index in [9.17, 15) is 8.78 Å². The van der Waals surface area contributed by atoms with Crippen molar-refractivity contribution in [3.63, 3.8) is 0 Å². The lowest BCUT2D eigenvalue weighted by Crippen LogP contribution is -2.18. The van der Waals surface area contributed by atoms with E-state index in [4.69, 9.17) is 4.74 Å². The predicted octanol–water partition coefficient (Wildman–Crippen LogP) is 2.09. The summed E-state index contributed by atoms with van der Waals surface area (Å²) < 4.78 is 31.9. The molecule has 6 heteroatoms. The third-order valence-corrected chi connectivity index (χ3v) is 2.74. The number of aromatic amines is 1. The molecule has 0 aliphatic carbocycles. The number of benzene rings is 1. The van der Waals surface area contributed by atoms with Crippen molar-refractivity contribution in [3.8, 4) is 11.3 Å². The lowest BCUT2D eigenvalue weighted by atomic mass is 10.1. The monoisotopic (exact) mass is 267 g/mol. The summed E-state index contributed by atoms with van der Waals surface area (Å²) in [7, 11) is 1.62. The normalized spacial score (nSPS) is 10.9. The summed E-state index contributed by atoms with van der Waals surface area (Å²) >= 11 is 0. The third kappa shape index (κ3) is 3.15. The first-order valence-corrected chi connectivity index (χ1v) is 5.90. The molecule has 1 aromatic heterocycles. The molecule has 1 heterocycles. The van der Waals surface area contributed by atoms with Gasteiger partial charge in [-0.1, -0.05) is 6.07 Å². The molecule has 0 unspecified atom stereocenters. The highest BCUT2D eigenvalue weighted by Gasteiger charge is 2.14. The van der Waals surface area contributed by atoms with Gasteiger partial charge in [-0.3, -0.25) is 5.10 Å². The number of hydrogen-bond acceptors (Lipinski definition) is 3. The van der Waals surface area contributed by atoms with E-state index < -0.39 is 11.6 Å². The van der Waals surface area contributed by atoms with Crippen molar-refractivity contribution in [2.24, 2.45) is 0 Å². The van der Waals surface area contributed by atoms with Crippen molar-refractivity contribution in [2.45, 2.75) is 6.54 Å². The number of rotatable bonds is 6. The van der Waals surface area contributed by atoms with Gasteiger partial charge in [0.2, 0.25) is 0 Å². The lowest BCUT2D eigenvalue weighted by molar-refractivity contribution is 0.199. The van der Waals surface area contributed by atoms with Gasteiger partial charge in [-0.25, -0.2) is 8.78 Å². The fraction of sp³-hybridized carbons (Fsp3) is 0.308. The van der Waals surface area contributed by atoms with Crippen LogP contribution in [0.3, 0.4) is 0 Å². The van der Waals surface area contributed by atoms with Gasteiger partial charge in [0.15, 0.2) is 11.6 Å². The Morgan fingerprint density at radius 3 is 3.00 bits per heavy atom. The minimum absolute atomic E-state index is 0.182. The molecule has 0 spiro atoms. The number of hydrogen-bond donors (Lipinski definition) is 2. The Kier molecular flexibility index (Phi) is 4.59. The third-order valence-electron chi connectivity index (χ3n) is 2.74. The van der Waals surface area contributed by atoms with Gasteiger partial charge in [0.1, 0.15) is 0 Å². The zero-order valence-corrected chi connectivity index (χ0v) is 10.5. The predicted molar refractivity (Wildman–Crippen MR) is 67.5 cm³/mol. The first kappa shape index (κ1) is 13.6. The van der Waals surface area contributed by atoms with Crippen LogP contribution in [0.5, 0.6) is 0 Å². The van der Waals surface area contributed by atoms with E-state index >= 15 is 0 Å². The maximum absolute atomic E-state index is 13.7. The van der Waals surface area contributed by atoms with Crippen molar-refractivity contribution >= 4 is 0 Å². The molecule has 102 valence electrons. The van der Waals surface area contributed by atoms with Crippen LogP contribution < -0.4 is 5.32 Å². The van der Waals surface area contributed by atoms with Crippen molar-refractivity contribution in [2.75, 3.05) is 20.3 Å². The molecule has 0 saturated heterocycles. The Morgan fingerprint density at radius 1 is 1.37 bits per heavy atom. The first-order chi connectivity index (χ1) is 9.24. The highest BCUT2D eigenvalue weighted by atomic mass is 19.2. The number of ether oxygens (including phenoxy) is 1. The standard InChI is InChI=1S/C13H15F2N3O/c1-19-6-5-16-7-9-8-17-18-13(9)10-3-2-4-11(14)12(10)15/h2-4,8,16H,5-7H2,1H3,(H,17,18). The van der Waals surface area contributed by atoms with Gasteiger partial charge in [-0.15, -0.1) is 0 Å². The molecule has 0 aliphatic rings. The van der Waals surface area contributed by atoms with Crippen LogP contribution in [0, 0.1) is 11.6 Å². The van der Waals surface area contributed by atoms with E-state index in [2.05, 4.69) is 15.5 Å². The van der Waals surface area contributed by atoms with E-state index in [1.165, 1.54) is 12.1 Å². The summed E-state index contributed by atoms with van der Waals surface area (Å²) in [6.07, 6.45) is 1.60. The molecule has 0 amide bonds. The van der Waals surface area contributed by atoms with Gasteiger partial charge >= 0.3 is 0 Å². The number of methoxy groups -OCH3 is 1. The highest BCUT2D eigenvalue weighted by molar-refractivity contribution is 5.63. The zero-order valence-electron chi connectivity index (χ0n) is 10.5. The minimum Gasteiger partial charge on any atom is -0.383 e. The molecule has 4 nitrogen and oxygen atoms in total. The zero-order chi connectivity index (χ0) is 13.7. The lowest BCUT2D eigenvalue weighted by Gasteiger charge is -2.06. The van der Waals surface area contributed by atoms with Crippen molar-refractivity contribution in [1.82, 2.24) is 15.5 Å². The van der Waals surface area contributed by atoms with E-state index in [-0.39, 0.29) is 5.56 Å². The van der Waals surface area contributed by atoms with Crippen LogP contribution in [0.1, 0.15) is 5.56 Å². The average molecular weight is 267 g/mol. The Labute approximate surface area is 109 Å². The number of nitrogens with zero attached hydrogens (tertiary/aromatic N) is 1. The minimum atomic E-state index is -0.870. The highest BCUT2D eigenvalue weighted by Crippen LogP contribution is 2.25. The van der Waals surface area contributed by atoms with Gasteiger partial charge < -0.3 is 10.1 Å². The number of nitrogens with one attached hydrogen (secondary N) is 2. The summed E-state index contributed by atoms with van der Waals surface area (Å²) in [5.74, 6) is -1.74. The molecule has 1 aromatic carbocycles. The van der Waals surface area contributed by atoms with Crippen LogP contribution in [-0.2, 0) is 11.3 Å². The van der Waals surface area contributed by atoms with Crippen LogP contribution in [0.25, 0.3) is 11.3 Å². The molecule has 0 fully saturated rings. The molecule has 0 radical (unpaired) electrons. The van der Waals surface area contributed by atoms with E-state index in [1.54, 1.807) is 13.3 Å². The van der Waals surface area contributed by atoms with Crippen LogP contribution in [0.15, 0.2) is 24.4 Å². The Hall–Kier alpha value is -1.79. The summed E-state index contributed by atoms with van der Waals surface area (Å²) in [5, 5.41) is 9.72. The Bertz CT molecular complexity index is 542. The fourth-order valence-corrected chi connectivity index (χ4v) is 1.77. The average Bonchev–Trinajstić information content (AvgIpc) is 2.86. The van der Waals surface area contributed by atoms with Crippen LogP contribution >= 0.6 is 0 Å². The molecule has 2 N–H and O–H groups in total. The Morgan fingerprint density at radius 2 is 2.21 bits per heavy atom. The van der Waals surface area contributed by atoms with Gasteiger partial charge in [-0.2, -0.15) is 5.10 Å². The largest absolute Gasteiger partial charge is 0.383 e. The maximum Gasteiger partial charge on any atom is 0.168 e. The maximum atomic E-state index is 13.7. The SMILES string of the molecule is COCCNCc1cn[nH]c1-c1cccc(F)c1F.